The summed E-state index contributed by atoms with van der Waals surface area (Å²) in [6.07, 6.45) is 1.21. The summed E-state index contributed by atoms with van der Waals surface area (Å²) >= 11 is 0. The molecule has 0 aromatic heterocycles. The number of rotatable bonds is 3. The molecular formula is C16H22N2O3. The summed E-state index contributed by atoms with van der Waals surface area (Å²) in [5.41, 5.74) is 0.951. The lowest BCUT2D eigenvalue weighted by Gasteiger charge is -2.21. The lowest BCUT2D eigenvalue weighted by molar-refractivity contribution is -0.132. The molecule has 1 aromatic carbocycles. The molecule has 114 valence electrons. The third-order valence-corrected chi connectivity index (χ3v) is 3.78. The summed E-state index contributed by atoms with van der Waals surface area (Å²) in [5.74, 6) is 0.949. The van der Waals surface area contributed by atoms with Crippen molar-refractivity contribution in [3.05, 3.63) is 29.8 Å². The number of nitrogens with zero attached hydrogens (tertiary/aromatic N) is 2. The van der Waals surface area contributed by atoms with Crippen LogP contribution < -0.4 is 4.74 Å². The van der Waals surface area contributed by atoms with Crippen LogP contribution in [-0.4, -0.2) is 54.9 Å². The van der Waals surface area contributed by atoms with E-state index >= 15 is 0 Å². The molecule has 0 bridgehead atoms. The number of amides is 2. The van der Waals surface area contributed by atoms with E-state index in [0.717, 1.165) is 24.3 Å². The van der Waals surface area contributed by atoms with Crippen LogP contribution in [0.2, 0.25) is 0 Å². The molecule has 5 nitrogen and oxygen atoms in total. The highest BCUT2D eigenvalue weighted by Gasteiger charge is 2.20. The van der Waals surface area contributed by atoms with E-state index in [4.69, 9.17) is 4.74 Å². The summed E-state index contributed by atoms with van der Waals surface area (Å²) < 4.78 is 5.17. The van der Waals surface area contributed by atoms with E-state index in [1.165, 1.54) is 0 Å². The highest BCUT2D eigenvalue weighted by atomic mass is 16.5. The summed E-state index contributed by atoms with van der Waals surface area (Å²) in [4.78, 5) is 27.4. The highest BCUT2D eigenvalue weighted by molar-refractivity contribution is 5.79. The molecule has 21 heavy (non-hydrogen) atoms. The van der Waals surface area contributed by atoms with Gasteiger partial charge < -0.3 is 14.5 Å². The van der Waals surface area contributed by atoms with Crippen LogP contribution in [0.5, 0.6) is 5.75 Å². The molecule has 0 unspecified atom stereocenters. The Hall–Kier alpha value is -2.04. The van der Waals surface area contributed by atoms with E-state index in [1.807, 2.05) is 29.2 Å². The maximum Gasteiger partial charge on any atom is 0.227 e. The van der Waals surface area contributed by atoms with Gasteiger partial charge in [0.1, 0.15) is 5.75 Å². The van der Waals surface area contributed by atoms with Crippen LogP contribution >= 0.6 is 0 Å². The second-order valence-corrected chi connectivity index (χ2v) is 5.27. The van der Waals surface area contributed by atoms with Crippen LogP contribution in [0.1, 0.15) is 18.9 Å². The molecule has 1 heterocycles. The third kappa shape index (κ3) is 4.21. The predicted octanol–water partition coefficient (Wildman–Crippen LogP) is 1.32. The van der Waals surface area contributed by atoms with Gasteiger partial charge in [0.05, 0.1) is 13.5 Å². The highest BCUT2D eigenvalue weighted by Crippen LogP contribution is 2.14. The van der Waals surface area contributed by atoms with E-state index in [0.29, 0.717) is 26.1 Å². The molecule has 1 aliphatic heterocycles. The maximum absolute atomic E-state index is 12.4. The fourth-order valence-electron chi connectivity index (χ4n) is 2.55. The van der Waals surface area contributed by atoms with E-state index in [9.17, 15) is 9.59 Å². The lowest BCUT2D eigenvalue weighted by atomic mass is 10.1. The number of methoxy groups -OCH3 is 1. The molecule has 0 saturated carbocycles. The van der Waals surface area contributed by atoms with Crippen LogP contribution in [0.4, 0.5) is 0 Å². The van der Waals surface area contributed by atoms with Crippen LogP contribution in [0.3, 0.4) is 0 Å². The fourth-order valence-corrected chi connectivity index (χ4v) is 2.55. The first kappa shape index (κ1) is 15.4. The number of carbonyl (C=O) groups is 2. The average Bonchev–Trinajstić information content (AvgIpc) is 2.73. The second kappa shape index (κ2) is 7.11. The normalized spacial score (nSPS) is 15.5. The molecule has 2 rings (SSSR count). The molecule has 2 amide bonds. The Labute approximate surface area is 125 Å². The Kier molecular flexibility index (Phi) is 5.20. The first-order valence-corrected chi connectivity index (χ1v) is 7.26. The topological polar surface area (TPSA) is 49.9 Å². The van der Waals surface area contributed by atoms with Gasteiger partial charge in [-0.25, -0.2) is 0 Å². The Morgan fingerprint density at radius 2 is 1.86 bits per heavy atom. The molecule has 1 aliphatic rings. The summed E-state index contributed by atoms with van der Waals surface area (Å²) in [6, 6.07) is 7.57. The monoisotopic (exact) mass is 290 g/mol. The minimum absolute atomic E-state index is 0.0806. The molecule has 0 aliphatic carbocycles. The smallest absolute Gasteiger partial charge is 0.227 e. The third-order valence-electron chi connectivity index (χ3n) is 3.78. The zero-order chi connectivity index (χ0) is 15.2. The maximum atomic E-state index is 12.4. The van der Waals surface area contributed by atoms with Crippen molar-refractivity contribution in [3.63, 3.8) is 0 Å². The van der Waals surface area contributed by atoms with Crippen molar-refractivity contribution >= 4 is 11.8 Å². The Morgan fingerprint density at radius 1 is 1.14 bits per heavy atom. The van der Waals surface area contributed by atoms with E-state index in [1.54, 1.807) is 18.9 Å². The minimum atomic E-state index is 0.0806. The number of carbonyl (C=O) groups excluding carboxylic acids is 2. The lowest BCUT2D eigenvalue weighted by Crippen LogP contribution is -2.37. The van der Waals surface area contributed by atoms with Crippen LogP contribution in [0.25, 0.3) is 0 Å². The first-order valence-electron chi connectivity index (χ1n) is 7.26. The van der Waals surface area contributed by atoms with Crippen LogP contribution in [0, 0.1) is 0 Å². The number of benzene rings is 1. The molecule has 0 spiro atoms. The van der Waals surface area contributed by atoms with Crippen molar-refractivity contribution in [3.8, 4) is 5.75 Å². The van der Waals surface area contributed by atoms with Gasteiger partial charge in [-0.15, -0.1) is 0 Å². The van der Waals surface area contributed by atoms with Crippen molar-refractivity contribution in [2.75, 3.05) is 33.3 Å². The zero-order valence-electron chi connectivity index (χ0n) is 12.7. The molecule has 0 atom stereocenters. The molecule has 0 radical (unpaired) electrons. The van der Waals surface area contributed by atoms with Crippen LogP contribution in [-0.2, 0) is 16.0 Å². The first-order chi connectivity index (χ1) is 10.1. The van der Waals surface area contributed by atoms with Gasteiger partial charge in [0.2, 0.25) is 11.8 Å². The van der Waals surface area contributed by atoms with Gasteiger partial charge >= 0.3 is 0 Å². The number of hydrogen-bond donors (Lipinski definition) is 0. The van der Waals surface area contributed by atoms with Gasteiger partial charge in [-0.1, -0.05) is 12.1 Å². The van der Waals surface area contributed by atoms with Gasteiger partial charge in [0.15, 0.2) is 0 Å². The van der Waals surface area contributed by atoms with Gasteiger partial charge in [-0.2, -0.15) is 0 Å². The Bertz CT molecular complexity index is 516. The summed E-state index contributed by atoms with van der Waals surface area (Å²) in [5, 5.41) is 0. The Balaban J connectivity index is 1.95. The molecule has 5 heteroatoms. The van der Waals surface area contributed by atoms with Gasteiger partial charge in [0, 0.05) is 33.1 Å². The molecule has 1 saturated heterocycles. The van der Waals surface area contributed by atoms with E-state index in [2.05, 4.69) is 0 Å². The SMILES string of the molecule is COc1cccc(CC(=O)N2CCCN(C(C)=O)CC2)c1. The van der Waals surface area contributed by atoms with Crippen molar-refractivity contribution in [1.29, 1.82) is 0 Å². The summed E-state index contributed by atoms with van der Waals surface area (Å²) in [7, 11) is 1.62. The number of ether oxygens (including phenoxy) is 1. The van der Waals surface area contributed by atoms with Crippen molar-refractivity contribution in [1.82, 2.24) is 9.80 Å². The quantitative estimate of drug-likeness (QED) is 0.843. The van der Waals surface area contributed by atoms with Crippen molar-refractivity contribution in [2.24, 2.45) is 0 Å². The van der Waals surface area contributed by atoms with E-state index < -0.39 is 0 Å². The zero-order valence-corrected chi connectivity index (χ0v) is 12.7. The van der Waals surface area contributed by atoms with Gasteiger partial charge in [-0.3, -0.25) is 9.59 Å². The van der Waals surface area contributed by atoms with Gasteiger partial charge in [0.25, 0.3) is 0 Å². The van der Waals surface area contributed by atoms with Crippen molar-refractivity contribution in [2.45, 2.75) is 19.8 Å². The van der Waals surface area contributed by atoms with E-state index in [-0.39, 0.29) is 11.8 Å². The second-order valence-electron chi connectivity index (χ2n) is 5.27. The molecule has 1 aromatic rings. The number of hydrogen-bond acceptors (Lipinski definition) is 3. The predicted molar refractivity (Wildman–Crippen MR) is 80.1 cm³/mol. The van der Waals surface area contributed by atoms with Gasteiger partial charge in [-0.05, 0) is 24.1 Å². The Morgan fingerprint density at radius 3 is 2.57 bits per heavy atom. The van der Waals surface area contributed by atoms with Crippen molar-refractivity contribution < 1.29 is 14.3 Å². The fraction of sp³-hybridized carbons (Fsp3) is 0.500. The summed E-state index contributed by atoms with van der Waals surface area (Å²) in [6.45, 7) is 4.26. The van der Waals surface area contributed by atoms with Crippen LogP contribution in [0.15, 0.2) is 24.3 Å². The standard InChI is InChI=1S/C16H22N2O3/c1-13(19)17-7-4-8-18(10-9-17)16(20)12-14-5-3-6-15(11-14)21-2/h3,5-6,11H,4,7-10,12H2,1-2H3. The largest absolute Gasteiger partial charge is 0.497 e. The average molecular weight is 290 g/mol. The molecule has 1 fully saturated rings. The molecule has 0 N–H and O–H groups in total. The minimum Gasteiger partial charge on any atom is -0.497 e. The molecular weight excluding hydrogens is 268 g/mol.